The summed E-state index contributed by atoms with van der Waals surface area (Å²) >= 11 is 0. The zero-order valence-electron chi connectivity index (χ0n) is 9.81. The van der Waals surface area contributed by atoms with Crippen molar-refractivity contribution in [3.8, 4) is 0 Å². The van der Waals surface area contributed by atoms with E-state index in [0.717, 1.165) is 0 Å². The zero-order chi connectivity index (χ0) is 13.2. The fraction of sp³-hybridized carbons (Fsp3) is 0.0714. The van der Waals surface area contributed by atoms with E-state index in [1.54, 1.807) is 13.1 Å². The summed E-state index contributed by atoms with van der Waals surface area (Å²) in [5.74, 6) is -0.749. The van der Waals surface area contributed by atoms with Gasteiger partial charge in [-0.25, -0.2) is 8.78 Å². The lowest BCUT2D eigenvalue weighted by atomic mass is 10.3. The van der Waals surface area contributed by atoms with Crippen LogP contribution in [0.4, 0.5) is 8.78 Å². The third kappa shape index (κ3) is 2.37. The van der Waals surface area contributed by atoms with Crippen LogP contribution in [0.1, 0.15) is 6.92 Å². The summed E-state index contributed by atoms with van der Waals surface area (Å²) < 4.78 is 38.7. The standard InChI is InChI=1S/C14H12F2OP/c1-2-18(17,13-7-3-11(15)4-8-13)14-9-5-12(16)6-10-14/h2-10H,1H3. The first kappa shape index (κ1) is 13.0. The Balaban J connectivity index is 2.51. The van der Waals surface area contributed by atoms with Gasteiger partial charge in [0.25, 0.3) is 0 Å². The lowest BCUT2D eigenvalue weighted by Crippen LogP contribution is -2.15. The Morgan fingerprint density at radius 3 is 1.44 bits per heavy atom. The van der Waals surface area contributed by atoms with Gasteiger partial charge in [-0.2, -0.15) is 0 Å². The van der Waals surface area contributed by atoms with Gasteiger partial charge in [0.15, 0.2) is 0 Å². The van der Waals surface area contributed by atoms with Crippen LogP contribution in [0, 0.1) is 17.8 Å². The van der Waals surface area contributed by atoms with Crippen molar-refractivity contribution in [2.24, 2.45) is 0 Å². The lowest BCUT2D eigenvalue weighted by Gasteiger charge is -2.16. The van der Waals surface area contributed by atoms with Gasteiger partial charge in [-0.1, -0.05) is 6.92 Å². The van der Waals surface area contributed by atoms with Crippen LogP contribution in [-0.4, -0.2) is 0 Å². The normalized spacial score (nSPS) is 11.5. The summed E-state index contributed by atoms with van der Waals surface area (Å²) in [4.78, 5) is 0. The van der Waals surface area contributed by atoms with Gasteiger partial charge >= 0.3 is 0 Å². The van der Waals surface area contributed by atoms with Crippen molar-refractivity contribution < 1.29 is 13.3 Å². The van der Waals surface area contributed by atoms with Crippen molar-refractivity contribution in [1.29, 1.82) is 0 Å². The molecule has 2 rings (SSSR count). The second kappa shape index (κ2) is 5.03. The maximum Gasteiger partial charge on any atom is 0.146 e. The van der Waals surface area contributed by atoms with Crippen LogP contribution in [0.25, 0.3) is 0 Å². The van der Waals surface area contributed by atoms with Gasteiger partial charge in [0, 0.05) is 16.8 Å². The minimum atomic E-state index is -2.90. The quantitative estimate of drug-likeness (QED) is 0.777. The predicted molar refractivity (Wildman–Crippen MR) is 69.6 cm³/mol. The number of hydrogen-bond acceptors (Lipinski definition) is 1. The van der Waals surface area contributed by atoms with Gasteiger partial charge in [-0.15, -0.1) is 0 Å². The molecule has 0 saturated heterocycles. The van der Waals surface area contributed by atoms with Crippen molar-refractivity contribution in [3.63, 3.8) is 0 Å². The molecule has 0 bridgehead atoms. The van der Waals surface area contributed by atoms with Crippen LogP contribution >= 0.6 is 7.14 Å². The average molecular weight is 265 g/mol. The highest BCUT2D eigenvalue weighted by atomic mass is 31.2. The van der Waals surface area contributed by atoms with Crippen LogP contribution < -0.4 is 10.6 Å². The molecule has 0 spiro atoms. The van der Waals surface area contributed by atoms with Gasteiger partial charge in [0.1, 0.15) is 18.8 Å². The van der Waals surface area contributed by atoms with Gasteiger partial charge < -0.3 is 4.57 Å². The monoisotopic (exact) mass is 265 g/mol. The molecule has 0 aromatic heterocycles. The highest BCUT2D eigenvalue weighted by Gasteiger charge is 2.25. The molecule has 0 saturated carbocycles. The van der Waals surface area contributed by atoms with Gasteiger partial charge in [0.2, 0.25) is 0 Å². The molecule has 2 aromatic carbocycles. The van der Waals surface area contributed by atoms with Crippen molar-refractivity contribution >= 4 is 17.8 Å². The third-order valence-electron chi connectivity index (χ3n) is 2.78. The molecular formula is C14H12F2OP. The Labute approximate surface area is 105 Å². The molecule has 93 valence electrons. The third-order valence-corrected chi connectivity index (χ3v) is 5.64. The molecule has 0 N–H and O–H groups in total. The first-order chi connectivity index (χ1) is 8.56. The molecule has 0 fully saturated rings. The Hall–Kier alpha value is -1.47. The molecular weight excluding hydrogens is 253 g/mol. The maximum atomic E-state index is 12.9. The van der Waals surface area contributed by atoms with Gasteiger partial charge in [-0.3, -0.25) is 0 Å². The minimum absolute atomic E-state index is 0.375. The fourth-order valence-corrected chi connectivity index (χ4v) is 3.85. The first-order valence-corrected chi connectivity index (χ1v) is 7.26. The van der Waals surface area contributed by atoms with Gasteiger partial charge in [0.05, 0.1) is 0 Å². The van der Waals surface area contributed by atoms with Crippen LogP contribution in [0.2, 0.25) is 0 Å². The smallest absolute Gasteiger partial charge is 0.146 e. The molecule has 2 aromatic rings. The summed E-state index contributed by atoms with van der Waals surface area (Å²) in [5.41, 5.74) is 0. The molecule has 0 heterocycles. The Morgan fingerprint density at radius 1 is 0.833 bits per heavy atom. The summed E-state index contributed by atoms with van der Waals surface area (Å²) in [6, 6.07) is 11.1. The number of halogens is 2. The van der Waals surface area contributed by atoms with Crippen LogP contribution in [0.15, 0.2) is 48.5 Å². The zero-order valence-corrected chi connectivity index (χ0v) is 10.7. The second-order valence-corrected chi connectivity index (χ2v) is 6.73. The predicted octanol–water partition coefficient (Wildman–Crippen LogP) is 3.46. The van der Waals surface area contributed by atoms with E-state index in [4.69, 9.17) is 0 Å². The summed E-state index contributed by atoms with van der Waals surface area (Å²) in [5, 5.41) is 1.08. The molecule has 0 unspecified atom stereocenters. The molecule has 18 heavy (non-hydrogen) atoms. The first-order valence-electron chi connectivity index (χ1n) is 5.49. The molecule has 0 atom stereocenters. The van der Waals surface area contributed by atoms with Gasteiger partial charge in [-0.05, 0) is 48.5 Å². The highest BCUT2D eigenvalue weighted by Crippen LogP contribution is 2.46. The van der Waals surface area contributed by atoms with Crippen LogP contribution in [-0.2, 0) is 4.57 Å². The topological polar surface area (TPSA) is 17.1 Å². The molecule has 0 amide bonds. The average Bonchev–Trinajstić information content (AvgIpc) is 2.39. The Kier molecular flexibility index (Phi) is 3.63. The largest absolute Gasteiger partial charge is 0.313 e. The van der Waals surface area contributed by atoms with E-state index in [9.17, 15) is 13.3 Å². The number of hydrogen-bond donors (Lipinski definition) is 0. The summed E-state index contributed by atoms with van der Waals surface area (Å²) in [6.45, 7) is 1.69. The van der Waals surface area contributed by atoms with Crippen molar-refractivity contribution in [3.05, 3.63) is 66.3 Å². The molecule has 0 aliphatic carbocycles. The summed E-state index contributed by atoms with van der Waals surface area (Å²) in [6.07, 6.45) is 1.59. The minimum Gasteiger partial charge on any atom is -0.313 e. The van der Waals surface area contributed by atoms with Crippen molar-refractivity contribution in [1.82, 2.24) is 0 Å². The fourth-order valence-electron chi connectivity index (χ4n) is 1.77. The summed E-state index contributed by atoms with van der Waals surface area (Å²) in [7, 11) is -2.90. The SMILES string of the molecule is C[CH]P(=O)(c1ccc(F)cc1)c1ccc(F)cc1. The van der Waals surface area contributed by atoms with E-state index in [0.29, 0.717) is 10.6 Å². The van der Waals surface area contributed by atoms with E-state index < -0.39 is 7.14 Å². The molecule has 1 nitrogen and oxygen atoms in total. The van der Waals surface area contributed by atoms with E-state index in [2.05, 4.69) is 0 Å². The van der Waals surface area contributed by atoms with Crippen LogP contribution in [0.3, 0.4) is 0 Å². The van der Waals surface area contributed by atoms with Crippen LogP contribution in [0.5, 0.6) is 0 Å². The van der Waals surface area contributed by atoms with E-state index in [1.807, 2.05) is 0 Å². The van der Waals surface area contributed by atoms with E-state index in [1.165, 1.54) is 48.5 Å². The lowest BCUT2D eigenvalue weighted by molar-refractivity contribution is 0.590. The molecule has 0 aliphatic heterocycles. The highest BCUT2D eigenvalue weighted by molar-refractivity contribution is 7.80. The Bertz CT molecular complexity index is 526. The van der Waals surface area contributed by atoms with E-state index >= 15 is 0 Å². The van der Waals surface area contributed by atoms with Crippen molar-refractivity contribution in [2.45, 2.75) is 6.92 Å². The molecule has 4 heteroatoms. The Morgan fingerprint density at radius 2 is 1.17 bits per heavy atom. The molecule has 0 aliphatic rings. The second-order valence-electron chi connectivity index (χ2n) is 3.87. The number of benzene rings is 2. The van der Waals surface area contributed by atoms with Crippen molar-refractivity contribution in [2.75, 3.05) is 0 Å². The van der Waals surface area contributed by atoms with E-state index in [-0.39, 0.29) is 11.6 Å². The number of rotatable bonds is 3. The molecule has 1 radical (unpaired) electrons. The maximum absolute atomic E-state index is 12.9.